The predicted octanol–water partition coefficient (Wildman–Crippen LogP) is 5.89. The fourth-order valence-electron chi connectivity index (χ4n) is 4.73. The first-order valence-corrected chi connectivity index (χ1v) is 13.5. The highest BCUT2D eigenvalue weighted by Crippen LogP contribution is 2.30. The second-order valence-electron chi connectivity index (χ2n) is 9.61. The van der Waals surface area contributed by atoms with Crippen molar-refractivity contribution < 1.29 is 9.59 Å². The van der Waals surface area contributed by atoms with Crippen LogP contribution in [0.4, 0.5) is 4.79 Å². The number of aliphatic imine (C=N–C) groups is 2. The number of hydrogen-bond donors (Lipinski definition) is 1. The zero-order chi connectivity index (χ0) is 24.1. The Balaban J connectivity index is 1.93. The summed E-state index contributed by atoms with van der Waals surface area (Å²) in [6.07, 6.45) is 18.1. The molecule has 7 heteroatoms. The first-order valence-electron chi connectivity index (χ1n) is 13.5. The van der Waals surface area contributed by atoms with Crippen LogP contribution in [0.5, 0.6) is 0 Å². The van der Waals surface area contributed by atoms with Crippen LogP contribution in [-0.2, 0) is 4.79 Å². The van der Waals surface area contributed by atoms with Gasteiger partial charge in [-0.3, -0.25) is 19.9 Å². The molecule has 188 valence electrons. The number of hydrogen-bond acceptors (Lipinski definition) is 5. The van der Waals surface area contributed by atoms with E-state index in [1.807, 2.05) is 0 Å². The van der Waals surface area contributed by atoms with E-state index in [9.17, 15) is 9.59 Å². The van der Waals surface area contributed by atoms with Gasteiger partial charge in [0.1, 0.15) is 5.84 Å². The number of carbonyl (C=O) groups is 2. The Morgan fingerprint density at radius 3 is 1.88 bits per heavy atom. The number of carbonyl (C=O) groups excluding carboxylic acids is 2. The molecule has 2 rings (SSSR count). The van der Waals surface area contributed by atoms with E-state index in [2.05, 4.69) is 24.2 Å². The quantitative estimate of drug-likeness (QED) is 0.259. The molecule has 1 unspecified atom stereocenters. The van der Waals surface area contributed by atoms with Crippen molar-refractivity contribution >= 4 is 23.5 Å². The number of unbranched alkanes of at least 4 members (excludes halogenated alkanes) is 13. The van der Waals surface area contributed by atoms with Gasteiger partial charge in [-0.1, -0.05) is 97.3 Å². The van der Waals surface area contributed by atoms with Crippen molar-refractivity contribution in [2.24, 2.45) is 9.98 Å². The van der Waals surface area contributed by atoms with Gasteiger partial charge in [0.15, 0.2) is 5.71 Å². The lowest BCUT2D eigenvalue weighted by Gasteiger charge is -2.45. The van der Waals surface area contributed by atoms with Crippen LogP contribution in [0.1, 0.15) is 117 Å². The van der Waals surface area contributed by atoms with Crippen LogP contribution in [-0.4, -0.2) is 59.2 Å². The van der Waals surface area contributed by atoms with E-state index in [0.29, 0.717) is 24.6 Å². The number of rotatable bonds is 18. The molecule has 0 radical (unpaired) electrons. The fraction of sp³-hybridized carbons (Fsp3) is 0.846. The second-order valence-corrected chi connectivity index (χ2v) is 9.61. The third kappa shape index (κ3) is 7.62. The van der Waals surface area contributed by atoms with Crippen LogP contribution in [0.25, 0.3) is 0 Å². The maximum absolute atomic E-state index is 13.1. The van der Waals surface area contributed by atoms with Crippen molar-refractivity contribution in [3.63, 3.8) is 0 Å². The maximum Gasteiger partial charge on any atom is 0.330 e. The second kappa shape index (κ2) is 14.5. The zero-order valence-electron chi connectivity index (χ0n) is 21.6. The van der Waals surface area contributed by atoms with E-state index in [1.165, 1.54) is 75.5 Å². The summed E-state index contributed by atoms with van der Waals surface area (Å²) in [4.78, 5) is 38.1. The molecule has 7 nitrogen and oxygen atoms in total. The minimum Gasteiger partial charge on any atom is -0.281 e. The standard InChI is InChI=1S/C26H47N5O2/c1-5-7-9-11-13-14-15-17-19-21-31-25(33)30(4)24(32)23-26(31,29-22(3)28-23)27-20-18-16-12-10-8-6-2/h27H,5-21H2,1-4H3. The van der Waals surface area contributed by atoms with Gasteiger partial charge in [0, 0.05) is 13.6 Å². The van der Waals surface area contributed by atoms with Crippen molar-refractivity contribution in [3.8, 4) is 0 Å². The average molecular weight is 462 g/mol. The average Bonchev–Trinajstić information content (AvgIpc) is 3.15. The Hall–Kier alpha value is -1.76. The van der Waals surface area contributed by atoms with Crippen LogP contribution in [0.2, 0.25) is 0 Å². The summed E-state index contributed by atoms with van der Waals surface area (Å²) < 4.78 is 0. The third-order valence-corrected chi connectivity index (χ3v) is 6.73. The lowest BCUT2D eigenvalue weighted by molar-refractivity contribution is -0.123. The molecule has 1 fully saturated rings. The van der Waals surface area contributed by atoms with E-state index < -0.39 is 5.79 Å². The van der Waals surface area contributed by atoms with Crippen LogP contribution in [0, 0.1) is 0 Å². The van der Waals surface area contributed by atoms with Crippen molar-refractivity contribution in [1.29, 1.82) is 0 Å². The van der Waals surface area contributed by atoms with Crippen molar-refractivity contribution in [3.05, 3.63) is 0 Å². The zero-order valence-corrected chi connectivity index (χ0v) is 21.6. The molecular weight excluding hydrogens is 414 g/mol. The summed E-state index contributed by atoms with van der Waals surface area (Å²) in [6.45, 7) is 7.55. The highest BCUT2D eigenvalue weighted by Gasteiger charge is 2.55. The van der Waals surface area contributed by atoms with Gasteiger partial charge >= 0.3 is 6.03 Å². The number of imide groups is 1. The number of fused-ring (bicyclic) bond motifs is 1. The first-order chi connectivity index (χ1) is 16.0. The SMILES string of the molecule is CCCCCCCCCCCN1C(=O)N(C)C(=O)C2=NC(C)=NC21NCCCCCCCC. The molecule has 0 saturated carbocycles. The lowest BCUT2D eigenvalue weighted by Crippen LogP contribution is -2.73. The maximum atomic E-state index is 13.1. The first kappa shape index (κ1) is 27.5. The Kier molecular flexibility index (Phi) is 12.1. The Morgan fingerprint density at radius 2 is 1.30 bits per heavy atom. The monoisotopic (exact) mass is 461 g/mol. The summed E-state index contributed by atoms with van der Waals surface area (Å²) >= 11 is 0. The number of urea groups is 1. The lowest BCUT2D eigenvalue weighted by atomic mass is 10.0. The molecule has 2 aliphatic heterocycles. The van der Waals surface area contributed by atoms with Gasteiger partial charge in [0.05, 0.1) is 0 Å². The van der Waals surface area contributed by atoms with E-state index in [-0.39, 0.29) is 11.9 Å². The molecule has 3 amide bonds. The van der Waals surface area contributed by atoms with Crippen LogP contribution < -0.4 is 5.32 Å². The van der Waals surface area contributed by atoms with Gasteiger partial charge in [0.2, 0.25) is 5.79 Å². The van der Waals surface area contributed by atoms with Gasteiger partial charge in [-0.2, -0.15) is 0 Å². The number of nitrogens with one attached hydrogen (secondary N) is 1. The molecule has 1 N–H and O–H groups in total. The van der Waals surface area contributed by atoms with Crippen molar-refractivity contribution in [2.75, 3.05) is 20.1 Å². The normalized spacial score (nSPS) is 20.4. The largest absolute Gasteiger partial charge is 0.330 e. The molecule has 0 aromatic rings. The molecule has 2 aliphatic rings. The van der Waals surface area contributed by atoms with Crippen LogP contribution >= 0.6 is 0 Å². The number of amides is 3. The minimum absolute atomic E-state index is 0.285. The van der Waals surface area contributed by atoms with E-state index in [0.717, 1.165) is 25.7 Å². The molecule has 1 atom stereocenters. The summed E-state index contributed by atoms with van der Waals surface area (Å²) in [7, 11) is 1.54. The predicted molar refractivity (Wildman–Crippen MR) is 137 cm³/mol. The van der Waals surface area contributed by atoms with Gasteiger partial charge < -0.3 is 0 Å². The Labute approximate surface area is 201 Å². The highest BCUT2D eigenvalue weighted by molar-refractivity contribution is 6.48. The van der Waals surface area contributed by atoms with Crippen LogP contribution in [0.3, 0.4) is 0 Å². The molecule has 0 bridgehead atoms. The van der Waals surface area contributed by atoms with Crippen molar-refractivity contribution in [2.45, 2.75) is 123 Å². The molecule has 1 saturated heterocycles. The fourth-order valence-corrected chi connectivity index (χ4v) is 4.73. The van der Waals surface area contributed by atoms with Crippen LogP contribution in [0.15, 0.2) is 9.98 Å². The highest BCUT2D eigenvalue weighted by atomic mass is 16.2. The van der Waals surface area contributed by atoms with Gasteiger partial charge in [-0.25, -0.2) is 14.8 Å². The van der Waals surface area contributed by atoms with Gasteiger partial charge in [0.25, 0.3) is 5.91 Å². The number of nitrogens with zero attached hydrogens (tertiary/aromatic N) is 4. The topological polar surface area (TPSA) is 77.4 Å². The molecule has 0 aromatic carbocycles. The summed E-state index contributed by atoms with van der Waals surface area (Å²) in [5.41, 5.74) is 0.337. The Morgan fingerprint density at radius 1 is 0.788 bits per heavy atom. The Bertz CT molecular complexity index is 690. The molecule has 0 aromatic heterocycles. The summed E-state index contributed by atoms with van der Waals surface area (Å²) in [6, 6.07) is -0.285. The number of amidine groups is 1. The molecule has 33 heavy (non-hydrogen) atoms. The summed E-state index contributed by atoms with van der Waals surface area (Å²) in [5, 5.41) is 3.47. The molecule has 0 aliphatic carbocycles. The van der Waals surface area contributed by atoms with E-state index in [1.54, 1.807) is 18.9 Å². The minimum atomic E-state index is -1.13. The smallest absolute Gasteiger partial charge is 0.281 e. The molecule has 2 heterocycles. The third-order valence-electron chi connectivity index (χ3n) is 6.73. The van der Waals surface area contributed by atoms with Gasteiger partial charge in [-0.05, 0) is 26.3 Å². The van der Waals surface area contributed by atoms with E-state index >= 15 is 0 Å². The molecule has 0 spiro atoms. The van der Waals surface area contributed by atoms with Gasteiger partial charge in [-0.15, -0.1) is 0 Å². The molecular formula is C26H47N5O2. The van der Waals surface area contributed by atoms with Crippen molar-refractivity contribution in [1.82, 2.24) is 15.1 Å². The van der Waals surface area contributed by atoms with E-state index in [4.69, 9.17) is 4.99 Å². The summed E-state index contributed by atoms with van der Waals surface area (Å²) in [5.74, 6) is -0.928.